The van der Waals surface area contributed by atoms with E-state index < -0.39 is 0 Å². The van der Waals surface area contributed by atoms with Gasteiger partial charge in [0.2, 0.25) is 0 Å². The number of carbonyl (C=O) groups is 1. The van der Waals surface area contributed by atoms with Gasteiger partial charge in [-0.05, 0) is 55.0 Å². The number of rotatable bonds is 6. The molecule has 0 aliphatic carbocycles. The molecule has 0 unspecified atom stereocenters. The number of para-hydroxylation sites is 1. The van der Waals surface area contributed by atoms with Gasteiger partial charge >= 0.3 is 0 Å². The number of nitrogens with zero attached hydrogens (tertiary/aromatic N) is 3. The minimum atomic E-state index is -0.353. The number of hydrogen-bond donors (Lipinski definition) is 1. The number of nitrogens with one attached hydrogen (secondary N) is 1. The van der Waals surface area contributed by atoms with Gasteiger partial charge in [0, 0.05) is 10.2 Å². The molecule has 1 N–H and O–H groups in total. The summed E-state index contributed by atoms with van der Waals surface area (Å²) in [5, 5.41) is 7.82. The number of carbonyl (C=O) groups excluding carboxylic acids is 1. The number of aryl methyl sites for hydroxylation is 1. The van der Waals surface area contributed by atoms with Gasteiger partial charge in [0.1, 0.15) is 5.82 Å². The van der Waals surface area contributed by atoms with Crippen molar-refractivity contribution in [2.45, 2.75) is 6.92 Å². The normalized spacial score (nSPS) is 11.2. The molecule has 0 atom stereocenters. The Hall–Kier alpha value is -3.20. The van der Waals surface area contributed by atoms with Crippen molar-refractivity contribution in [3.63, 3.8) is 0 Å². The van der Waals surface area contributed by atoms with E-state index in [0.717, 1.165) is 4.47 Å². The van der Waals surface area contributed by atoms with Gasteiger partial charge in [0.05, 0.1) is 27.2 Å². The van der Waals surface area contributed by atoms with Crippen LogP contribution in [-0.4, -0.2) is 28.4 Å². The fourth-order valence-corrected chi connectivity index (χ4v) is 4.14. The van der Waals surface area contributed by atoms with Crippen molar-refractivity contribution in [1.82, 2.24) is 9.66 Å². The molecule has 0 bridgehead atoms. The van der Waals surface area contributed by atoms with E-state index >= 15 is 0 Å². The van der Waals surface area contributed by atoms with Crippen molar-refractivity contribution in [3.05, 3.63) is 96.9 Å². The number of fused-ring (bicyclic) bond motifs is 1. The zero-order valence-corrected chi connectivity index (χ0v) is 20.9. The van der Waals surface area contributed by atoms with E-state index in [9.17, 15) is 9.59 Å². The maximum atomic E-state index is 12.9. The maximum Gasteiger partial charge on any atom is 0.282 e. The van der Waals surface area contributed by atoms with E-state index in [-0.39, 0.29) is 33.9 Å². The lowest BCUT2D eigenvalue weighted by atomic mass is 10.2. The van der Waals surface area contributed by atoms with E-state index in [1.54, 1.807) is 43.3 Å². The van der Waals surface area contributed by atoms with Gasteiger partial charge in [-0.15, -0.1) is 0 Å². The summed E-state index contributed by atoms with van der Waals surface area (Å²) in [6.07, 6.45) is 1.45. The highest BCUT2D eigenvalue weighted by atomic mass is 79.9. The summed E-state index contributed by atoms with van der Waals surface area (Å²) in [4.78, 5) is 29.4. The van der Waals surface area contributed by atoms with Crippen molar-refractivity contribution >= 4 is 67.8 Å². The van der Waals surface area contributed by atoms with Crippen LogP contribution in [0.4, 0.5) is 5.69 Å². The zero-order valence-electron chi connectivity index (χ0n) is 17.8. The Labute approximate surface area is 213 Å². The third-order valence-electron chi connectivity index (χ3n) is 4.72. The molecule has 1 aromatic heterocycles. The molecule has 10 heteroatoms. The van der Waals surface area contributed by atoms with Gasteiger partial charge in [-0.25, -0.2) is 4.98 Å². The van der Waals surface area contributed by atoms with Crippen LogP contribution < -0.4 is 15.6 Å². The Kier molecular flexibility index (Phi) is 7.31. The van der Waals surface area contributed by atoms with Crippen molar-refractivity contribution in [2.24, 2.45) is 5.10 Å². The van der Waals surface area contributed by atoms with Crippen LogP contribution in [0, 0.1) is 6.92 Å². The Balaban J connectivity index is 1.52. The first-order chi connectivity index (χ1) is 16.3. The van der Waals surface area contributed by atoms with Crippen LogP contribution >= 0.6 is 39.1 Å². The molecule has 0 aliphatic rings. The van der Waals surface area contributed by atoms with E-state index in [4.69, 9.17) is 27.9 Å². The van der Waals surface area contributed by atoms with Gasteiger partial charge in [-0.3, -0.25) is 9.59 Å². The zero-order chi connectivity index (χ0) is 24.2. The molecule has 172 valence electrons. The van der Waals surface area contributed by atoms with Gasteiger partial charge in [0.25, 0.3) is 11.5 Å². The van der Waals surface area contributed by atoms with Crippen molar-refractivity contribution in [1.29, 1.82) is 0 Å². The number of anilines is 1. The summed E-state index contributed by atoms with van der Waals surface area (Å²) in [7, 11) is 0. The molecule has 1 amide bonds. The van der Waals surface area contributed by atoms with Crippen LogP contribution in [0.1, 0.15) is 11.4 Å². The number of amides is 1. The molecule has 0 aliphatic heterocycles. The van der Waals surface area contributed by atoms with Gasteiger partial charge in [0.15, 0.2) is 12.4 Å². The highest BCUT2D eigenvalue weighted by Gasteiger charge is 2.13. The van der Waals surface area contributed by atoms with Crippen LogP contribution in [0.5, 0.6) is 5.75 Å². The monoisotopic (exact) mass is 558 g/mol. The minimum absolute atomic E-state index is 0.175. The number of hydrogen-bond acceptors (Lipinski definition) is 5. The summed E-state index contributed by atoms with van der Waals surface area (Å²) < 4.78 is 7.50. The first-order valence-electron chi connectivity index (χ1n) is 10.0. The first-order valence-corrected chi connectivity index (χ1v) is 11.6. The first kappa shape index (κ1) is 23.9. The molecule has 0 spiro atoms. The number of ether oxygens (including phenoxy) is 1. The minimum Gasteiger partial charge on any atom is -0.481 e. The van der Waals surface area contributed by atoms with Crippen LogP contribution in [0.2, 0.25) is 10.0 Å². The van der Waals surface area contributed by atoms with Gasteiger partial charge < -0.3 is 10.1 Å². The maximum absolute atomic E-state index is 12.9. The summed E-state index contributed by atoms with van der Waals surface area (Å²) in [6, 6.07) is 17.4. The average Bonchev–Trinajstić information content (AvgIpc) is 2.79. The third-order valence-corrected chi connectivity index (χ3v) is 5.77. The second-order valence-electron chi connectivity index (χ2n) is 7.20. The Morgan fingerprint density at radius 2 is 1.85 bits per heavy atom. The standard InChI is InChI=1S/C24H17BrCl2N4O3/c1-14-29-21-8-7-16(25)11-18(21)24(33)31(14)28-12-15-9-19(26)23(20(27)10-15)34-13-22(32)30-17-5-3-2-4-6-17/h2-12H,13H2,1H3,(H,30,32). The molecule has 0 fully saturated rings. The molecule has 0 radical (unpaired) electrons. The molecular weight excluding hydrogens is 543 g/mol. The summed E-state index contributed by atoms with van der Waals surface area (Å²) >= 11 is 16.0. The molecule has 7 nitrogen and oxygen atoms in total. The number of benzene rings is 3. The van der Waals surface area contributed by atoms with E-state index in [1.165, 1.54) is 10.9 Å². The molecule has 4 aromatic rings. The van der Waals surface area contributed by atoms with Crippen LogP contribution in [0.15, 0.2) is 75.0 Å². The molecule has 3 aromatic carbocycles. The molecule has 1 heterocycles. The average molecular weight is 560 g/mol. The van der Waals surface area contributed by atoms with Crippen LogP contribution in [0.3, 0.4) is 0 Å². The highest BCUT2D eigenvalue weighted by Crippen LogP contribution is 2.34. The summed E-state index contributed by atoms with van der Waals surface area (Å²) in [6.45, 7) is 1.42. The second-order valence-corrected chi connectivity index (χ2v) is 8.93. The topological polar surface area (TPSA) is 85.6 Å². The van der Waals surface area contributed by atoms with Crippen molar-refractivity contribution < 1.29 is 9.53 Å². The van der Waals surface area contributed by atoms with Crippen LogP contribution in [0.25, 0.3) is 10.9 Å². The molecular formula is C24H17BrCl2N4O3. The molecule has 0 saturated heterocycles. The van der Waals surface area contributed by atoms with E-state index in [2.05, 4.69) is 31.3 Å². The number of aromatic nitrogens is 2. The lowest BCUT2D eigenvalue weighted by molar-refractivity contribution is -0.118. The van der Waals surface area contributed by atoms with Gasteiger partial charge in [-0.1, -0.05) is 57.3 Å². The fraction of sp³-hybridized carbons (Fsp3) is 0.0833. The van der Waals surface area contributed by atoms with Gasteiger partial charge in [-0.2, -0.15) is 9.78 Å². The van der Waals surface area contributed by atoms with E-state index in [1.807, 2.05) is 24.3 Å². The highest BCUT2D eigenvalue weighted by molar-refractivity contribution is 9.10. The summed E-state index contributed by atoms with van der Waals surface area (Å²) in [5.41, 5.74) is 1.47. The van der Waals surface area contributed by atoms with Crippen LogP contribution in [-0.2, 0) is 4.79 Å². The largest absolute Gasteiger partial charge is 0.481 e. The lowest BCUT2D eigenvalue weighted by Crippen LogP contribution is -2.20. The predicted molar refractivity (Wildman–Crippen MR) is 138 cm³/mol. The van der Waals surface area contributed by atoms with E-state index in [0.29, 0.717) is 28.0 Å². The Bertz CT molecular complexity index is 1450. The summed E-state index contributed by atoms with van der Waals surface area (Å²) in [5.74, 6) is 0.251. The van der Waals surface area contributed by atoms with Crippen molar-refractivity contribution in [2.75, 3.05) is 11.9 Å². The Morgan fingerprint density at radius 3 is 2.56 bits per heavy atom. The SMILES string of the molecule is Cc1nc2ccc(Br)cc2c(=O)n1N=Cc1cc(Cl)c(OCC(=O)Nc2ccccc2)c(Cl)c1. The predicted octanol–water partition coefficient (Wildman–Crippen LogP) is 5.67. The molecule has 34 heavy (non-hydrogen) atoms. The molecule has 4 rings (SSSR count). The second kappa shape index (κ2) is 10.4. The molecule has 0 saturated carbocycles. The fourth-order valence-electron chi connectivity index (χ4n) is 3.17. The van der Waals surface area contributed by atoms with Crippen molar-refractivity contribution in [3.8, 4) is 5.75 Å². The number of halogens is 3. The quantitative estimate of drug-likeness (QED) is 0.308. The smallest absolute Gasteiger partial charge is 0.282 e. The lowest BCUT2D eigenvalue weighted by Gasteiger charge is -2.11. The Morgan fingerprint density at radius 1 is 1.15 bits per heavy atom. The third kappa shape index (κ3) is 5.47.